The summed E-state index contributed by atoms with van der Waals surface area (Å²) in [6.45, 7) is 2.66. The second-order valence-corrected chi connectivity index (χ2v) is 5.38. The Bertz CT molecular complexity index is 528. The highest BCUT2D eigenvalue weighted by Gasteiger charge is 2.45. The van der Waals surface area contributed by atoms with Crippen LogP contribution < -0.4 is 5.32 Å². The van der Waals surface area contributed by atoms with Gasteiger partial charge in [0.15, 0.2) is 0 Å². The molecule has 1 aromatic rings. The van der Waals surface area contributed by atoms with Crippen LogP contribution in [0.15, 0.2) is 10.8 Å². The van der Waals surface area contributed by atoms with Crippen molar-refractivity contribution in [2.45, 2.75) is 31.7 Å². The third-order valence-electron chi connectivity index (χ3n) is 4.00. The average Bonchev–Trinajstić information content (AvgIpc) is 3.05. The summed E-state index contributed by atoms with van der Waals surface area (Å²) in [5.74, 6) is -0.263. The summed E-state index contributed by atoms with van der Waals surface area (Å²) in [6.07, 6.45) is 3.17. The standard InChI is InChI=1S/C14H21N3O4/c1-10-11(8-21-16-10)13(19)17-6-4-5-14(17,9-20-3)7-12(18)15-2/h8H,4-7,9H2,1-3H3,(H,15,18)/t14-/m1/s1. The minimum atomic E-state index is -0.602. The number of aryl methyl sites for hydroxylation is 1. The molecule has 0 spiro atoms. The number of rotatable bonds is 5. The molecule has 0 aliphatic carbocycles. The molecule has 2 heterocycles. The van der Waals surface area contributed by atoms with E-state index in [0.717, 1.165) is 12.8 Å². The first-order valence-electron chi connectivity index (χ1n) is 6.96. The number of aromatic nitrogens is 1. The number of nitrogens with one attached hydrogen (secondary N) is 1. The number of hydrogen-bond donors (Lipinski definition) is 1. The fourth-order valence-corrected chi connectivity index (χ4v) is 2.94. The number of nitrogens with zero attached hydrogens (tertiary/aromatic N) is 2. The number of carbonyl (C=O) groups excluding carboxylic acids is 2. The lowest BCUT2D eigenvalue weighted by molar-refractivity contribution is -0.123. The van der Waals surface area contributed by atoms with Crippen molar-refractivity contribution in [1.29, 1.82) is 0 Å². The zero-order chi connectivity index (χ0) is 15.5. The van der Waals surface area contributed by atoms with E-state index in [0.29, 0.717) is 24.4 Å². The van der Waals surface area contributed by atoms with Crippen LogP contribution in [0, 0.1) is 6.92 Å². The zero-order valence-corrected chi connectivity index (χ0v) is 12.6. The van der Waals surface area contributed by atoms with Gasteiger partial charge in [-0.05, 0) is 19.8 Å². The summed E-state index contributed by atoms with van der Waals surface area (Å²) in [5, 5.41) is 6.36. The van der Waals surface area contributed by atoms with Crippen LogP contribution in [0.25, 0.3) is 0 Å². The Labute approximate surface area is 123 Å². The normalized spacial score (nSPS) is 21.6. The average molecular weight is 295 g/mol. The number of likely N-dealkylation sites (tertiary alicyclic amines) is 1. The Balaban J connectivity index is 2.29. The highest BCUT2D eigenvalue weighted by Crippen LogP contribution is 2.34. The first kappa shape index (κ1) is 15.5. The van der Waals surface area contributed by atoms with Crippen LogP contribution >= 0.6 is 0 Å². The Morgan fingerprint density at radius 3 is 2.90 bits per heavy atom. The van der Waals surface area contributed by atoms with Crippen molar-refractivity contribution in [2.24, 2.45) is 0 Å². The largest absolute Gasteiger partial charge is 0.382 e. The third kappa shape index (κ3) is 2.92. The van der Waals surface area contributed by atoms with Gasteiger partial charge in [-0.25, -0.2) is 0 Å². The molecule has 1 aromatic heterocycles. The Morgan fingerprint density at radius 2 is 2.33 bits per heavy atom. The van der Waals surface area contributed by atoms with Gasteiger partial charge in [0.25, 0.3) is 5.91 Å². The number of ether oxygens (including phenoxy) is 1. The Kier molecular flexibility index (Phi) is 4.62. The summed E-state index contributed by atoms with van der Waals surface area (Å²) in [4.78, 5) is 26.3. The second kappa shape index (κ2) is 6.26. The maximum absolute atomic E-state index is 12.7. The molecule has 0 saturated carbocycles. The summed E-state index contributed by atoms with van der Waals surface area (Å²) in [6, 6.07) is 0. The van der Waals surface area contributed by atoms with E-state index in [1.807, 2.05) is 0 Å². The molecule has 2 rings (SSSR count). The van der Waals surface area contributed by atoms with Crippen molar-refractivity contribution in [3.05, 3.63) is 17.5 Å². The van der Waals surface area contributed by atoms with Crippen LogP contribution in [0.1, 0.15) is 35.3 Å². The van der Waals surface area contributed by atoms with Gasteiger partial charge in [-0.15, -0.1) is 0 Å². The number of hydrogen-bond acceptors (Lipinski definition) is 5. The molecular formula is C14H21N3O4. The highest BCUT2D eigenvalue weighted by molar-refractivity contribution is 5.96. The van der Waals surface area contributed by atoms with Crippen molar-refractivity contribution in [3.8, 4) is 0 Å². The van der Waals surface area contributed by atoms with Crippen molar-refractivity contribution in [1.82, 2.24) is 15.4 Å². The van der Waals surface area contributed by atoms with Crippen LogP contribution in [0.3, 0.4) is 0 Å². The van der Waals surface area contributed by atoms with Crippen LogP contribution in [0.5, 0.6) is 0 Å². The van der Waals surface area contributed by atoms with E-state index in [1.165, 1.54) is 6.26 Å². The lowest BCUT2D eigenvalue weighted by atomic mass is 9.91. The van der Waals surface area contributed by atoms with Crippen LogP contribution in [0.4, 0.5) is 0 Å². The monoisotopic (exact) mass is 295 g/mol. The summed E-state index contributed by atoms with van der Waals surface area (Å²) in [5.41, 5.74) is 0.391. The molecule has 116 valence electrons. The SMILES string of the molecule is CNC(=O)C[C@@]1(COC)CCCN1C(=O)c1conc1C. The van der Waals surface area contributed by atoms with Gasteiger partial charge in [0.1, 0.15) is 11.8 Å². The predicted octanol–water partition coefficient (Wildman–Crippen LogP) is 0.740. The first-order chi connectivity index (χ1) is 10.0. The van der Waals surface area contributed by atoms with E-state index in [1.54, 1.807) is 26.0 Å². The minimum absolute atomic E-state index is 0.103. The van der Waals surface area contributed by atoms with E-state index in [2.05, 4.69) is 10.5 Å². The lowest BCUT2D eigenvalue weighted by Crippen LogP contribution is -2.52. The van der Waals surface area contributed by atoms with E-state index >= 15 is 0 Å². The molecule has 1 N–H and O–H groups in total. The molecule has 1 atom stereocenters. The van der Waals surface area contributed by atoms with Crippen molar-refractivity contribution < 1.29 is 18.8 Å². The number of amides is 2. The molecular weight excluding hydrogens is 274 g/mol. The van der Waals surface area contributed by atoms with E-state index in [4.69, 9.17) is 9.26 Å². The molecule has 21 heavy (non-hydrogen) atoms. The maximum atomic E-state index is 12.7. The van der Waals surface area contributed by atoms with Crippen molar-refractivity contribution in [2.75, 3.05) is 27.3 Å². The maximum Gasteiger partial charge on any atom is 0.259 e. The zero-order valence-electron chi connectivity index (χ0n) is 12.6. The molecule has 0 bridgehead atoms. The second-order valence-electron chi connectivity index (χ2n) is 5.38. The topological polar surface area (TPSA) is 84.7 Å². The molecule has 0 aromatic carbocycles. The molecule has 1 aliphatic rings. The Morgan fingerprint density at radius 1 is 1.57 bits per heavy atom. The minimum Gasteiger partial charge on any atom is -0.382 e. The van der Waals surface area contributed by atoms with Gasteiger partial charge in [-0.2, -0.15) is 0 Å². The molecule has 0 unspecified atom stereocenters. The van der Waals surface area contributed by atoms with Gasteiger partial charge < -0.3 is 19.5 Å². The van der Waals surface area contributed by atoms with Gasteiger partial charge in [-0.1, -0.05) is 5.16 Å². The first-order valence-corrected chi connectivity index (χ1v) is 6.96. The van der Waals surface area contributed by atoms with Gasteiger partial charge >= 0.3 is 0 Å². The molecule has 1 fully saturated rings. The fourth-order valence-electron chi connectivity index (χ4n) is 2.94. The van der Waals surface area contributed by atoms with E-state index in [9.17, 15) is 9.59 Å². The molecule has 1 aliphatic heterocycles. The quantitative estimate of drug-likeness (QED) is 0.866. The summed E-state index contributed by atoms with van der Waals surface area (Å²) in [7, 11) is 3.17. The molecule has 0 radical (unpaired) electrons. The van der Waals surface area contributed by atoms with Gasteiger partial charge in [0, 0.05) is 20.7 Å². The fraction of sp³-hybridized carbons (Fsp3) is 0.643. The number of methoxy groups -OCH3 is 1. The Hall–Kier alpha value is -1.89. The van der Waals surface area contributed by atoms with E-state index in [-0.39, 0.29) is 18.2 Å². The van der Waals surface area contributed by atoms with Gasteiger partial charge in [-0.3, -0.25) is 9.59 Å². The van der Waals surface area contributed by atoms with Crippen molar-refractivity contribution >= 4 is 11.8 Å². The number of carbonyl (C=O) groups is 2. The summed E-state index contributed by atoms with van der Waals surface area (Å²) < 4.78 is 10.1. The smallest absolute Gasteiger partial charge is 0.259 e. The third-order valence-corrected chi connectivity index (χ3v) is 4.00. The lowest BCUT2D eigenvalue weighted by Gasteiger charge is -2.37. The molecule has 7 nitrogen and oxygen atoms in total. The van der Waals surface area contributed by atoms with E-state index < -0.39 is 5.54 Å². The molecule has 2 amide bonds. The van der Waals surface area contributed by atoms with Gasteiger partial charge in [0.2, 0.25) is 5.91 Å². The van der Waals surface area contributed by atoms with Crippen LogP contribution in [-0.4, -0.2) is 54.7 Å². The van der Waals surface area contributed by atoms with Gasteiger partial charge in [0.05, 0.1) is 24.3 Å². The summed E-state index contributed by atoms with van der Waals surface area (Å²) >= 11 is 0. The highest BCUT2D eigenvalue weighted by atomic mass is 16.5. The van der Waals surface area contributed by atoms with Crippen LogP contribution in [-0.2, 0) is 9.53 Å². The molecule has 7 heteroatoms. The van der Waals surface area contributed by atoms with Crippen LogP contribution in [0.2, 0.25) is 0 Å². The van der Waals surface area contributed by atoms with Crippen molar-refractivity contribution in [3.63, 3.8) is 0 Å². The molecule has 1 saturated heterocycles. The predicted molar refractivity (Wildman–Crippen MR) is 74.8 cm³/mol.